The summed E-state index contributed by atoms with van der Waals surface area (Å²) in [6, 6.07) is 21.4. The lowest BCUT2D eigenvalue weighted by Crippen LogP contribution is -2.47. The van der Waals surface area contributed by atoms with E-state index in [0.29, 0.717) is 29.5 Å². The molecule has 1 fully saturated rings. The number of morpholine rings is 1. The molecule has 4 aromatic rings. The molecule has 0 spiro atoms. The number of aryl methyl sites for hydroxylation is 1. The van der Waals surface area contributed by atoms with Crippen molar-refractivity contribution in [3.63, 3.8) is 0 Å². The second-order valence-electron chi connectivity index (χ2n) is 11.6. The molecule has 0 aliphatic carbocycles. The predicted octanol–water partition coefficient (Wildman–Crippen LogP) is 7.55. The molecule has 1 aromatic heterocycles. The smallest absolute Gasteiger partial charge is 0.237 e. The average molecular weight is 592 g/mol. The Labute approximate surface area is 247 Å². The third kappa shape index (κ3) is 5.99. The molecule has 2 radical (unpaired) electrons. The Morgan fingerprint density at radius 2 is 1.49 bits per heavy atom. The highest BCUT2D eigenvalue weighted by atomic mass is 32.1. The summed E-state index contributed by atoms with van der Waals surface area (Å²) < 4.78 is 50.2. The van der Waals surface area contributed by atoms with E-state index in [1.54, 1.807) is 13.0 Å². The first-order valence-electron chi connectivity index (χ1n) is 13.8. The summed E-state index contributed by atoms with van der Waals surface area (Å²) in [5.74, 6) is -1.36. The average Bonchev–Trinajstić information content (AvgIpc) is 3.36. The molecule has 3 aromatic carbocycles. The summed E-state index contributed by atoms with van der Waals surface area (Å²) in [4.78, 5) is 6.34. The second-order valence-corrected chi connectivity index (χ2v) is 14.3. The summed E-state index contributed by atoms with van der Waals surface area (Å²) >= 11 is 1.06. The van der Waals surface area contributed by atoms with E-state index in [1.807, 2.05) is 79.4 Å². The molecule has 0 saturated carbocycles. The van der Waals surface area contributed by atoms with Crippen LogP contribution in [0, 0.1) is 18.6 Å². The molecule has 0 amide bonds. The van der Waals surface area contributed by atoms with Gasteiger partial charge in [-0.25, -0.2) is 13.8 Å². The van der Waals surface area contributed by atoms with E-state index in [0.717, 1.165) is 22.7 Å². The number of rotatable bonds is 7. The molecule has 9 heteroatoms. The third-order valence-corrected chi connectivity index (χ3v) is 8.79. The van der Waals surface area contributed by atoms with Gasteiger partial charge >= 0.3 is 0 Å². The van der Waals surface area contributed by atoms with Gasteiger partial charge in [0.25, 0.3) is 0 Å². The topological polar surface area (TPSA) is 47.5 Å². The number of ether oxygens (including phenoxy) is 1. The van der Waals surface area contributed by atoms with Crippen LogP contribution in [0.1, 0.15) is 57.1 Å². The molecular formula is C32H35F2N3O2SSi. The van der Waals surface area contributed by atoms with Gasteiger partial charge in [0, 0.05) is 18.7 Å². The van der Waals surface area contributed by atoms with Crippen LogP contribution in [0.3, 0.4) is 0 Å². The maximum Gasteiger partial charge on any atom is 0.237 e. The van der Waals surface area contributed by atoms with Crippen molar-refractivity contribution in [1.29, 1.82) is 0 Å². The number of aromatic nitrogens is 2. The zero-order valence-corrected chi connectivity index (χ0v) is 26.1. The van der Waals surface area contributed by atoms with Gasteiger partial charge in [-0.2, -0.15) is 4.37 Å². The number of hydrogen-bond donors (Lipinski definition) is 0. The van der Waals surface area contributed by atoms with Gasteiger partial charge in [-0.15, -0.1) is 0 Å². The number of benzene rings is 3. The van der Waals surface area contributed by atoms with Crippen molar-refractivity contribution >= 4 is 27.0 Å². The summed E-state index contributed by atoms with van der Waals surface area (Å²) in [6.07, 6.45) is -0.334. The van der Waals surface area contributed by atoms with E-state index in [1.165, 1.54) is 0 Å². The molecule has 1 aliphatic rings. The van der Waals surface area contributed by atoms with Crippen LogP contribution in [0.15, 0.2) is 66.7 Å². The van der Waals surface area contributed by atoms with E-state index in [-0.39, 0.29) is 38.3 Å². The van der Waals surface area contributed by atoms with Gasteiger partial charge in [0.2, 0.25) is 9.76 Å². The van der Waals surface area contributed by atoms with Crippen LogP contribution in [0.4, 0.5) is 14.5 Å². The lowest BCUT2D eigenvalue weighted by atomic mass is 9.78. The SMILES string of the molecule is Cc1nsc(-c2cc(C(O[Si]C(C)(C)C)(c3ccccc3)c3ccccc3)c(N3CC(C)OC(C)C3)c(F)c2F)n1. The predicted molar refractivity (Wildman–Crippen MR) is 162 cm³/mol. The van der Waals surface area contributed by atoms with Crippen molar-refractivity contribution in [2.75, 3.05) is 18.0 Å². The van der Waals surface area contributed by atoms with Crippen LogP contribution in [0.5, 0.6) is 0 Å². The minimum absolute atomic E-state index is 0.0418. The monoisotopic (exact) mass is 591 g/mol. The number of hydrogen-bond acceptors (Lipinski definition) is 6. The summed E-state index contributed by atoms with van der Waals surface area (Å²) in [5, 5.41) is 0.137. The van der Waals surface area contributed by atoms with Crippen molar-refractivity contribution in [1.82, 2.24) is 9.36 Å². The first-order valence-corrected chi connectivity index (χ1v) is 15.5. The van der Waals surface area contributed by atoms with Crippen LogP contribution in [0.25, 0.3) is 10.6 Å². The van der Waals surface area contributed by atoms with E-state index in [9.17, 15) is 0 Å². The van der Waals surface area contributed by atoms with Crippen LogP contribution in [0.2, 0.25) is 5.04 Å². The van der Waals surface area contributed by atoms with Gasteiger partial charge in [-0.1, -0.05) is 81.4 Å². The normalized spacial score (nSPS) is 18.1. The zero-order chi connectivity index (χ0) is 29.4. The van der Waals surface area contributed by atoms with Crippen molar-refractivity contribution in [3.05, 3.63) is 101 Å². The van der Waals surface area contributed by atoms with Gasteiger partial charge < -0.3 is 14.1 Å². The molecule has 214 valence electrons. The lowest BCUT2D eigenvalue weighted by molar-refractivity contribution is -0.00566. The highest BCUT2D eigenvalue weighted by Crippen LogP contribution is 2.49. The molecule has 0 bridgehead atoms. The van der Waals surface area contributed by atoms with Gasteiger partial charge in [-0.3, -0.25) is 0 Å². The fraction of sp³-hybridized carbons (Fsp3) is 0.375. The Bertz CT molecular complexity index is 1440. The van der Waals surface area contributed by atoms with Crippen LogP contribution in [-0.2, 0) is 14.8 Å². The van der Waals surface area contributed by atoms with Crippen molar-refractivity contribution in [2.24, 2.45) is 0 Å². The van der Waals surface area contributed by atoms with E-state index < -0.39 is 17.2 Å². The third-order valence-electron chi connectivity index (χ3n) is 6.92. The standard InChI is InChI=1S/C32H35F2N3O2SSi/c1-20-18-37(19-21(2)38-20)29-26(17-25(27(33)28(29)34)30-35-22(3)36-40-30)32(39-41-31(4,5)6,23-13-9-7-10-14-23)24-15-11-8-12-16-24/h7-17,20-21H,18-19H2,1-6H3. The van der Waals surface area contributed by atoms with Gasteiger partial charge in [0.15, 0.2) is 11.6 Å². The molecule has 0 N–H and O–H groups in total. The quantitative estimate of drug-likeness (QED) is 0.164. The first kappa shape index (κ1) is 29.5. The molecule has 1 saturated heterocycles. The summed E-state index contributed by atoms with van der Waals surface area (Å²) in [5.41, 5.74) is 1.17. The Morgan fingerprint density at radius 3 is 1.98 bits per heavy atom. The highest BCUT2D eigenvalue weighted by molar-refractivity contribution is 7.09. The fourth-order valence-electron chi connectivity index (χ4n) is 5.34. The van der Waals surface area contributed by atoms with E-state index in [2.05, 4.69) is 30.1 Å². The summed E-state index contributed by atoms with van der Waals surface area (Å²) in [7, 11) is 0.0418. The molecule has 1 aliphatic heterocycles. The minimum Gasteiger partial charge on any atom is -0.400 e. The van der Waals surface area contributed by atoms with Gasteiger partial charge in [0.1, 0.15) is 16.4 Å². The Hall–Kier alpha value is -2.98. The van der Waals surface area contributed by atoms with Crippen LogP contribution >= 0.6 is 11.5 Å². The highest BCUT2D eigenvalue weighted by Gasteiger charge is 2.44. The van der Waals surface area contributed by atoms with Crippen LogP contribution in [-0.4, -0.2) is 44.4 Å². The maximum absolute atomic E-state index is 16.7. The largest absolute Gasteiger partial charge is 0.400 e. The van der Waals surface area contributed by atoms with Gasteiger partial charge in [0.05, 0.1) is 23.5 Å². The minimum atomic E-state index is -1.25. The summed E-state index contributed by atoms with van der Waals surface area (Å²) in [6.45, 7) is 12.8. The van der Waals surface area contributed by atoms with E-state index in [4.69, 9.17) is 9.16 Å². The molecule has 41 heavy (non-hydrogen) atoms. The number of halogens is 2. The maximum atomic E-state index is 16.7. The zero-order valence-electron chi connectivity index (χ0n) is 24.2. The van der Waals surface area contributed by atoms with Crippen LogP contribution < -0.4 is 4.90 Å². The second kappa shape index (κ2) is 11.7. The molecule has 2 heterocycles. The fourth-order valence-corrected chi connectivity index (χ4v) is 6.83. The number of nitrogens with zero attached hydrogens (tertiary/aromatic N) is 3. The first-order chi connectivity index (χ1) is 19.5. The van der Waals surface area contributed by atoms with Crippen molar-refractivity contribution in [2.45, 2.75) is 64.4 Å². The Balaban J connectivity index is 1.90. The molecule has 5 rings (SSSR count). The molecule has 5 nitrogen and oxygen atoms in total. The molecule has 2 atom stereocenters. The van der Waals surface area contributed by atoms with Crippen molar-refractivity contribution in [3.8, 4) is 10.6 Å². The Morgan fingerprint density at radius 1 is 0.927 bits per heavy atom. The number of anilines is 1. The van der Waals surface area contributed by atoms with Crippen molar-refractivity contribution < 1.29 is 17.9 Å². The molecular weight excluding hydrogens is 557 g/mol. The van der Waals surface area contributed by atoms with E-state index >= 15 is 8.78 Å². The Kier molecular flexibility index (Phi) is 8.43. The van der Waals surface area contributed by atoms with Gasteiger partial charge in [-0.05, 0) is 54.5 Å². The molecule has 2 unspecified atom stereocenters. The lowest BCUT2D eigenvalue weighted by Gasteiger charge is -2.43.